The quantitative estimate of drug-likeness (QED) is 0.743. The normalized spacial score (nSPS) is 10.3. The third-order valence-electron chi connectivity index (χ3n) is 2.65. The Hall–Kier alpha value is -2.50. The van der Waals surface area contributed by atoms with E-state index in [2.05, 4.69) is 10.4 Å². The van der Waals surface area contributed by atoms with Crippen LogP contribution in [0.4, 0.5) is 11.5 Å². The Morgan fingerprint density at radius 2 is 2.22 bits per heavy atom. The zero-order valence-corrected chi connectivity index (χ0v) is 10.1. The van der Waals surface area contributed by atoms with E-state index in [1.165, 1.54) is 23.0 Å². The molecular formula is C12H14N4O2. The van der Waals surface area contributed by atoms with Gasteiger partial charge in [-0.1, -0.05) is 0 Å². The minimum atomic E-state index is -0.289. The molecule has 0 radical (unpaired) electrons. The second kappa shape index (κ2) is 4.40. The molecular weight excluding hydrogens is 232 g/mol. The maximum Gasteiger partial charge on any atom is 0.257 e. The molecule has 2 aromatic rings. The summed E-state index contributed by atoms with van der Waals surface area (Å²) in [6.45, 7) is 1.75. The Bertz CT molecular complexity index is 585. The number of aryl methyl sites for hydroxylation is 2. The SMILES string of the molecule is Cc1cc(O)ccc1C(=O)Nc1c(N)cnn1C. The summed E-state index contributed by atoms with van der Waals surface area (Å²) in [5.74, 6) is 0.291. The lowest BCUT2D eigenvalue weighted by molar-refractivity contribution is 0.102. The molecule has 94 valence electrons. The molecule has 0 spiro atoms. The molecule has 0 saturated heterocycles. The Labute approximate surface area is 104 Å². The first-order valence-corrected chi connectivity index (χ1v) is 5.37. The third kappa shape index (κ3) is 2.13. The van der Waals surface area contributed by atoms with Gasteiger partial charge in [-0.15, -0.1) is 0 Å². The van der Waals surface area contributed by atoms with Gasteiger partial charge >= 0.3 is 0 Å². The van der Waals surface area contributed by atoms with Gasteiger partial charge in [0.1, 0.15) is 5.75 Å². The van der Waals surface area contributed by atoms with Gasteiger partial charge in [0.2, 0.25) is 0 Å². The third-order valence-corrected chi connectivity index (χ3v) is 2.65. The number of hydrogen-bond donors (Lipinski definition) is 3. The van der Waals surface area contributed by atoms with Crippen LogP contribution in [0, 0.1) is 6.92 Å². The highest BCUT2D eigenvalue weighted by Gasteiger charge is 2.13. The summed E-state index contributed by atoms with van der Waals surface area (Å²) in [6.07, 6.45) is 1.47. The number of hydrogen-bond acceptors (Lipinski definition) is 4. The van der Waals surface area contributed by atoms with Gasteiger partial charge in [-0.3, -0.25) is 9.48 Å². The zero-order valence-electron chi connectivity index (χ0n) is 10.1. The van der Waals surface area contributed by atoms with Crippen LogP contribution in [-0.2, 0) is 7.05 Å². The molecule has 4 N–H and O–H groups in total. The Balaban J connectivity index is 2.28. The maximum atomic E-state index is 12.1. The number of nitrogens with zero attached hydrogens (tertiary/aromatic N) is 2. The largest absolute Gasteiger partial charge is 0.508 e. The number of aromatic nitrogens is 2. The number of nitrogens with one attached hydrogen (secondary N) is 1. The van der Waals surface area contributed by atoms with Crippen molar-refractivity contribution >= 4 is 17.4 Å². The van der Waals surface area contributed by atoms with E-state index in [0.29, 0.717) is 22.6 Å². The van der Waals surface area contributed by atoms with Crippen LogP contribution in [0.1, 0.15) is 15.9 Å². The van der Waals surface area contributed by atoms with E-state index in [4.69, 9.17) is 5.73 Å². The first-order chi connectivity index (χ1) is 8.49. The number of nitrogen functional groups attached to an aromatic ring is 1. The highest BCUT2D eigenvalue weighted by molar-refractivity contribution is 6.06. The summed E-state index contributed by atoms with van der Waals surface area (Å²) >= 11 is 0. The summed E-state index contributed by atoms with van der Waals surface area (Å²) < 4.78 is 1.49. The van der Waals surface area contributed by atoms with Crippen molar-refractivity contribution in [1.29, 1.82) is 0 Å². The first kappa shape index (κ1) is 12.0. The molecule has 6 heteroatoms. The summed E-state index contributed by atoms with van der Waals surface area (Å²) in [5, 5.41) is 15.9. The van der Waals surface area contributed by atoms with Crippen molar-refractivity contribution in [2.45, 2.75) is 6.92 Å². The van der Waals surface area contributed by atoms with Crippen LogP contribution >= 0.6 is 0 Å². The second-order valence-corrected chi connectivity index (χ2v) is 4.03. The van der Waals surface area contributed by atoms with Crippen LogP contribution < -0.4 is 11.1 Å². The van der Waals surface area contributed by atoms with Gasteiger partial charge < -0.3 is 16.2 Å². The fraction of sp³-hybridized carbons (Fsp3) is 0.167. The molecule has 0 unspecified atom stereocenters. The van der Waals surface area contributed by atoms with Gasteiger partial charge in [-0.2, -0.15) is 5.10 Å². The molecule has 2 rings (SSSR count). The van der Waals surface area contributed by atoms with Crippen molar-refractivity contribution in [3.63, 3.8) is 0 Å². The summed E-state index contributed by atoms with van der Waals surface area (Å²) in [6, 6.07) is 4.56. The van der Waals surface area contributed by atoms with Crippen LogP contribution in [0.5, 0.6) is 5.75 Å². The van der Waals surface area contributed by atoms with Crippen LogP contribution in [0.25, 0.3) is 0 Å². The number of amides is 1. The summed E-state index contributed by atoms with van der Waals surface area (Å²) in [5.41, 5.74) is 7.26. The Morgan fingerprint density at radius 3 is 2.78 bits per heavy atom. The Morgan fingerprint density at radius 1 is 1.50 bits per heavy atom. The standard InChI is InChI=1S/C12H14N4O2/c1-7-5-8(17)3-4-9(7)12(18)15-11-10(13)6-14-16(11)2/h3-6,17H,13H2,1-2H3,(H,15,18). The van der Waals surface area contributed by atoms with Crippen LogP contribution in [-0.4, -0.2) is 20.8 Å². The van der Waals surface area contributed by atoms with E-state index < -0.39 is 0 Å². The molecule has 18 heavy (non-hydrogen) atoms. The van der Waals surface area contributed by atoms with E-state index in [9.17, 15) is 9.90 Å². The number of phenolic OH excluding ortho intramolecular Hbond substituents is 1. The van der Waals surface area contributed by atoms with Crippen molar-refractivity contribution in [2.75, 3.05) is 11.1 Å². The van der Waals surface area contributed by atoms with Gasteiger partial charge in [0.15, 0.2) is 5.82 Å². The molecule has 0 bridgehead atoms. The van der Waals surface area contributed by atoms with E-state index in [1.807, 2.05) is 0 Å². The van der Waals surface area contributed by atoms with Gasteiger partial charge in [0, 0.05) is 12.6 Å². The minimum Gasteiger partial charge on any atom is -0.508 e. The topological polar surface area (TPSA) is 93.2 Å². The smallest absolute Gasteiger partial charge is 0.257 e. The van der Waals surface area contributed by atoms with E-state index in [1.54, 1.807) is 20.0 Å². The fourth-order valence-electron chi connectivity index (χ4n) is 1.69. The predicted octanol–water partition coefficient (Wildman–Crippen LogP) is 1.27. The molecule has 1 aromatic carbocycles. The number of carbonyl (C=O) groups is 1. The van der Waals surface area contributed by atoms with Crippen LogP contribution in [0.15, 0.2) is 24.4 Å². The number of carbonyl (C=O) groups excluding carboxylic acids is 1. The summed E-state index contributed by atoms with van der Waals surface area (Å²) in [7, 11) is 1.69. The number of phenols is 1. The molecule has 6 nitrogen and oxygen atoms in total. The lowest BCUT2D eigenvalue weighted by Crippen LogP contribution is -2.16. The number of anilines is 2. The molecule has 0 atom stereocenters. The zero-order chi connectivity index (χ0) is 13.3. The van der Waals surface area contributed by atoms with Gasteiger partial charge in [-0.25, -0.2) is 0 Å². The Kier molecular flexibility index (Phi) is 2.93. The summed E-state index contributed by atoms with van der Waals surface area (Å²) in [4.78, 5) is 12.1. The van der Waals surface area contributed by atoms with Gasteiger partial charge in [-0.05, 0) is 30.7 Å². The van der Waals surface area contributed by atoms with Gasteiger partial charge in [0.05, 0.1) is 11.9 Å². The van der Waals surface area contributed by atoms with E-state index >= 15 is 0 Å². The number of nitrogens with two attached hydrogens (primary N) is 1. The molecule has 0 aliphatic rings. The number of benzene rings is 1. The fourth-order valence-corrected chi connectivity index (χ4v) is 1.69. The maximum absolute atomic E-state index is 12.1. The van der Waals surface area contributed by atoms with Crippen LogP contribution in [0.3, 0.4) is 0 Å². The molecule has 0 aliphatic heterocycles. The predicted molar refractivity (Wildman–Crippen MR) is 68.4 cm³/mol. The minimum absolute atomic E-state index is 0.129. The van der Waals surface area contributed by atoms with Crippen molar-refractivity contribution in [3.8, 4) is 5.75 Å². The van der Waals surface area contributed by atoms with Crippen molar-refractivity contribution < 1.29 is 9.90 Å². The van der Waals surface area contributed by atoms with E-state index in [0.717, 1.165) is 0 Å². The van der Waals surface area contributed by atoms with Crippen molar-refractivity contribution in [3.05, 3.63) is 35.5 Å². The van der Waals surface area contributed by atoms with E-state index in [-0.39, 0.29) is 11.7 Å². The molecule has 0 aliphatic carbocycles. The number of rotatable bonds is 2. The molecule has 0 fully saturated rings. The molecule has 0 saturated carbocycles. The van der Waals surface area contributed by atoms with Gasteiger partial charge in [0.25, 0.3) is 5.91 Å². The second-order valence-electron chi connectivity index (χ2n) is 4.03. The molecule has 1 amide bonds. The molecule has 1 aromatic heterocycles. The average Bonchev–Trinajstić information content (AvgIpc) is 2.60. The monoisotopic (exact) mass is 246 g/mol. The average molecular weight is 246 g/mol. The van der Waals surface area contributed by atoms with Crippen molar-refractivity contribution in [2.24, 2.45) is 7.05 Å². The lowest BCUT2D eigenvalue weighted by Gasteiger charge is -2.08. The first-order valence-electron chi connectivity index (χ1n) is 5.37. The highest BCUT2D eigenvalue weighted by atomic mass is 16.3. The van der Waals surface area contributed by atoms with Crippen LogP contribution in [0.2, 0.25) is 0 Å². The number of aromatic hydroxyl groups is 1. The molecule has 1 heterocycles. The van der Waals surface area contributed by atoms with Crippen molar-refractivity contribution in [1.82, 2.24) is 9.78 Å². The lowest BCUT2D eigenvalue weighted by atomic mass is 10.1. The highest BCUT2D eigenvalue weighted by Crippen LogP contribution is 2.20.